The second kappa shape index (κ2) is 8.48. The van der Waals surface area contributed by atoms with Crippen molar-refractivity contribution < 1.29 is 9.53 Å². The predicted molar refractivity (Wildman–Crippen MR) is 74.2 cm³/mol. The van der Waals surface area contributed by atoms with Crippen molar-refractivity contribution in [2.45, 2.75) is 13.3 Å². The van der Waals surface area contributed by atoms with Gasteiger partial charge in [-0.2, -0.15) is 0 Å². The summed E-state index contributed by atoms with van der Waals surface area (Å²) in [4.78, 5) is 13.3. The van der Waals surface area contributed by atoms with Gasteiger partial charge >= 0.3 is 5.97 Å². The van der Waals surface area contributed by atoms with Crippen LogP contribution in [-0.2, 0) is 9.53 Å². The molecule has 3 heteroatoms. The van der Waals surface area contributed by atoms with Crippen molar-refractivity contribution in [1.82, 2.24) is 4.90 Å². The summed E-state index contributed by atoms with van der Waals surface area (Å²) >= 11 is 0. The maximum atomic E-state index is 11.1. The lowest BCUT2D eigenvalue weighted by Crippen LogP contribution is -2.26. The van der Waals surface area contributed by atoms with E-state index in [0.29, 0.717) is 6.42 Å². The van der Waals surface area contributed by atoms with Gasteiger partial charge < -0.3 is 4.74 Å². The Balaban J connectivity index is 2.35. The summed E-state index contributed by atoms with van der Waals surface area (Å²) in [6, 6.07) is 10.2. The zero-order chi connectivity index (χ0) is 13.2. The summed E-state index contributed by atoms with van der Waals surface area (Å²) in [6.45, 7) is 4.61. The molecule has 1 rings (SSSR count). The molecule has 0 bridgehead atoms. The van der Waals surface area contributed by atoms with Gasteiger partial charge in [0.05, 0.1) is 13.5 Å². The van der Waals surface area contributed by atoms with E-state index in [4.69, 9.17) is 0 Å². The molecule has 1 aromatic carbocycles. The number of hydrogen-bond acceptors (Lipinski definition) is 3. The average Bonchev–Trinajstić information content (AvgIpc) is 2.43. The molecule has 0 heterocycles. The van der Waals surface area contributed by atoms with Gasteiger partial charge in [0.1, 0.15) is 0 Å². The van der Waals surface area contributed by atoms with Crippen molar-refractivity contribution >= 4 is 12.0 Å². The quantitative estimate of drug-likeness (QED) is 0.694. The van der Waals surface area contributed by atoms with Gasteiger partial charge in [-0.1, -0.05) is 49.4 Å². The maximum Gasteiger partial charge on any atom is 0.306 e. The lowest BCUT2D eigenvalue weighted by molar-refractivity contribution is -0.140. The van der Waals surface area contributed by atoms with E-state index in [-0.39, 0.29) is 5.97 Å². The van der Waals surface area contributed by atoms with Crippen LogP contribution in [0.2, 0.25) is 0 Å². The number of ether oxygens (including phenoxy) is 1. The van der Waals surface area contributed by atoms with Gasteiger partial charge in [-0.3, -0.25) is 9.69 Å². The van der Waals surface area contributed by atoms with E-state index in [1.54, 1.807) is 0 Å². The molecule has 0 amide bonds. The van der Waals surface area contributed by atoms with E-state index in [2.05, 4.69) is 40.8 Å². The van der Waals surface area contributed by atoms with E-state index in [1.165, 1.54) is 12.7 Å². The zero-order valence-corrected chi connectivity index (χ0v) is 11.1. The van der Waals surface area contributed by atoms with Gasteiger partial charge in [-0.05, 0) is 12.1 Å². The molecule has 0 saturated carbocycles. The van der Waals surface area contributed by atoms with Crippen LogP contribution in [0.15, 0.2) is 36.4 Å². The summed E-state index contributed by atoms with van der Waals surface area (Å²) in [5.74, 6) is -0.152. The number of methoxy groups -OCH3 is 1. The monoisotopic (exact) mass is 247 g/mol. The van der Waals surface area contributed by atoms with Gasteiger partial charge in [0.25, 0.3) is 0 Å². The zero-order valence-electron chi connectivity index (χ0n) is 11.1. The first kappa shape index (κ1) is 14.5. The SMILES string of the molecule is CCN(CC=Cc1ccccc1)CCC(=O)OC. The Morgan fingerprint density at radius 3 is 2.67 bits per heavy atom. The molecular weight excluding hydrogens is 226 g/mol. The van der Waals surface area contributed by atoms with Gasteiger partial charge in [0, 0.05) is 13.1 Å². The number of hydrogen-bond donors (Lipinski definition) is 0. The minimum atomic E-state index is -0.152. The molecule has 0 aliphatic heterocycles. The van der Waals surface area contributed by atoms with Crippen LogP contribution in [-0.4, -0.2) is 37.6 Å². The smallest absolute Gasteiger partial charge is 0.306 e. The summed E-state index contributed by atoms with van der Waals surface area (Å²) in [5.41, 5.74) is 1.20. The lowest BCUT2D eigenvalue weighted by Gasteiger charge is -2.17. The molecule has 0 spiro atoms. The highest BCUT2D eigenvalue weighted by atomic mass is 16.5. The Labute approximate surface area is 109 Å². The minimum Gasteiger partial charge on any atom is -0.469 e. The van der Waals surface area contributed by atoms with Gasteiger partial charge in [-0.15, -0.1) is 0 Å². The van der Waals surface area contributed by atoms with Crippen LogP contribution >= 0.6 is 0 Å². The summed E-state index contributed by atoms with van der Waals surface area (Å²) < 4.78 is 4.64. The largest absolute Gasteiger partial charge is 0.469 e. The predicted octanol–water partition coefficient (Wildman–Crippen LogP) is 2.58. The summed E-state index contributed by atoms with van der Waals surface area (Å²) in [7, 11) is 1.42. The van der Waals surface area contributed by atoms with E-state index in [1.807, 2.05) is 18.2 Å². The minimum absolute atomic E-state index is 0.152. The highest BCUT2D eigenvalue weighted by Gasteiger charge is 2.04. The van der Waals surface area contributed by atoms with Crippen molar-refractivity contribution in [3.8, 4) is 0 Å². The highest BCUT2D eigenvalue weighted by molar-refractivity contribution is 5.69. The highest BCUT2D eigenvalue weighted by Crippen LogP contribution is 2.01. The van der Waals surface area contributed by atoms with Crippen molar-refractivity contribution in [2.75, 3.05) is 26.7 Å². The Morgan fingerprint density at radius 1 is 1.33 bits per heavy atom. The van der Waals surface area contributed by atoms with Crippen molar-refractivity contribution in [1.29, 1.82) is 0 Å². The number of nitrogens with zero attached hydrogens (tertiary/aromatic N) is 1. The third-order valence-corrected chi connectivity index (χ3v) is 2.78. The van der Waals surface area contributed by atoms with Gasteiger partial charge in [0.15, 0.2) is 0 Å². The van der Waals surface area contributed by atoms with Crippen LogP contribution in [0.3, 0.4) is 0 Å². The summed E-state index contributed by atoms with van der Waals surface area (Å²) in [5, 5.41) is 0. The van der Waals surface area contributed by atoms with Crippen molar-refractivity contribution in [3.05, 3.63) is 42.0 Å². The third kappa shape index (κ3) is 5.64. The maximum absolute atomic E-state index is 11.1. The van der Waals surface area contributed by atoms with Crippen LogP contribution in [0.4, 0.5) is 0 Å². The molecule has 0 aliphatic rings. The van der Waals surface area contributed by atoms with Crippen LogP contribution < -0.4 is 0 Å². The van der Waals surface area contributed by atoms with Crippen LogP contribution in [0.25, 0.3) is 6.08 Å². The molecule has 0 saturated heterocycles. The van der Waals surface area contributed by atoms with E-state index < -0.39 is 0 Å². The molecule has 0 aromatic heterocycles. The van der Waals surface area contributed by atoms with Crippen molar-refractivity contribution in [3.63, 3.8) is 0 Å². The molecule has 98 valence electrons. The topological polar surface area (TPSA) is 29.5 Å². The summed E-state index contributed by atoms with van der Waals surface area (Å²) in [6.07, 6.45) is 4.67. The fourth-order valence-corrected chi connectivity index (χ4v) is 1.63. The Hall–Kier alpha value is -1.61. The van der Waals surface area contributed by atoms with E-state index in [0.717, 1.165) is 19.6 Å². The number of carbonyl (C=O) groups is 1. The fraction of sp³-hybridized carbons (Fsp3) is 0.400. The molecule has 18 heavy (non-hydrogen) atoms. The number of esters is 1. The number of rotatable bonds is 7. The molecular formula is C15H21NO2. The second-order valence-corrected chi connectivity index (χ2v) is 4.03. The Kier molecular flexibility index (Phi) is 6.81. The first-order chi connectivity index (χ1) is 8.76. The molecule has 0 fully saturated rings. The number of likely N-dealkylation sites (N-methyl/N-ethyl adjacent to an activating group) is 1. The first-order valence-electron chi connectivity index (χ1n) is 6.27. The average molecular weight is 247 g/mol. The Morgan fingerprint density at radius 2 is 2.06 bits per heavy atom. The fourth-order valence-electron chi connectivity index (χ4n) is 1.63. The van der Waals surface area contributed by atoms with Crippen molar-refractivity contribution in [2.24, 2.45) is 0 Å². The van der Waals surface area contributed by atoms with Crippen LogP contribution in [0.1, 0.15) is 18.9 Å². The molecule has 0 radical (unpaired) electrons. The molecule has 0 atom stereocenters. The number of benzene rings is 1. The third-order valence-electron chi connectivity index (χ3n) is 2.78. The second-order valence-electron chi connectivity index (χ2n) is 4.03. The molecule has 0 aliphatic carbocycles. The lowest BCUT2D eigenvalue weighted by atomic mass is 10.2. The molecule has 1 aromatic rings. The van der Waals surface area contributed by atoms with Crippen LogP contribution in [0, 0.1) is 0 Å². The molecule has 3 nitrogen and oxygen atoms in total. The standard InChI is InChI=1S/C15H21NO2/c1-3-16(13-11-15(17)18-2)12-7-10-14-8-5-4-6-9-14/h4-10H,3,11-13H2,1-2H3. The van der Waals surface area contributed by atoms with E-state index in [9.17, 15) is 4.79 Å². The van der Waals surface area contributed by atoms with Gasteiger partial charge in [0.2, 0.25) is 0 Å². The van der Waals surface area contributed by atoms with Gasteiger partial charge in [-0.25, -0.2) is 0 Å². The number of carbonyl (C=O) groups excluding carboxylic acids is 1. The normalized spacial score (nSPS) is 11.1. The molecule has 0 N–H and O–H groups in total. The van der Waals surface area contributed by atoms with E-state index >= 15 is 0 Å². The Bertz CT molecular complexity index is 373. The first-order valence-corrected chi connectivity index (χ1v) is 6.27. The van der Waals surface area contributed by atoms with Crippen LogP contribution in [0.5, 0.6) is 0 Å². The molecule has 0 unspecified atom stereocenters.